The Bertz CT molecular complexity index is 779. The maximum Gasteiger partial charge on any atom is 0.191 e. The highest BCUT2D eigenvalue weighted by Gasteiger charge is 2.23. The number of hydrogen-bond donors (Lipinski definition) is 2. The van der Waals surface area contributed by atoms with Crippen LogP contribution in [0.5, 0.6) is 0 Å². The second-order valence-electron chi connectivity index (χ2n) is 7.35. The van der Waals surface area contributed by atoms with Crippen molar-refractivity contribution in [3.63, 3.8) is 0 Å². The normalized spacial score (nSPS) is 16.8. The molecule has 29 heavy (non-hydrogen) atoms. The minimum Gasteiger partial charge on any atom is -0.379 e. The number of aryl methyl sites for hydroxylation is 2. The van der Waals surface area contributed by atoms with Crippen LogP contribution in [0.3, 0.4) is 0 Å². The number of nitrogens with zero attached hydrogens (tertiary/aromatic N) is 4. The topological polar surface area (TPSA) is 66.7 Å². The number of guanidine groups is 1. The van der Waals surface area contributed by atoms with Crippen molar-refractivity contribution in [3.05, 3.63) is 39.3 Å². The van der Waals surface area contributed by atoms with Crippen molar-refractivity contribution in [1.82, 2.24) is 25.3 Å². The zero-order valence-corrected chi connectivity index (χ0v) is 18.9. The van der Waals surface area contributed by atoms with Gasteiger partial charge in [-0.25, -0.2) is 0 Å². The molecule has 0 radical (unpaired) electrons. The Morgan fingerprint density at radius 2 is 2.10 bits per heavy atom. The molecule has 0 saturated carbocycles. The Balaban J connectivity index is 1.63. The fraction of sp³-hybridized carbons (Fsp3) is 0.619. The SMILES string of the molecule is CCNC(=NCC(c1cccs1)N1CCOCC1)NCCc1c(C)nn(C)c1C. The molecule has 2 aromatic rings. The molecule has 1 fully saturated rings. The predicted molar refractivity (Wildman–Crippen MR) is 120 cm³/mol. The maximum atomic E-state index is 5.54. The van der Waals surface area contributed by atoms with Crippen molar-refractivity contribution in [2.24, 2.45) is 12.0 Å². The number of ether oxygens (including phenoxy) is 1. The summed E-state index contributed by atoms with van der Waals surface area (Å²) in [6, 6.07) is 4.64. The molecular weight excluding hydrogens is 384 g/mol. The zero-order valence-electron chi connectivity index (χ0n) is 18.1. The largest absolute Gasteiger partial charge is 0.379 e. The summed E-state index contributed by atoms with van der Waals surface area (Å²) in [4.78, 5) is 8.78. The summed E-state index contributed by atoms with van der Waals surface area (Å²) in [6.07, 6.45) is 0.938. The molecule has 2 aromatic heterocycles. The molecule has 160 valence electrons. The van der Waals surface area contributed by atoms with Crippen LogP contribution < -0.4 is 10.6 Å². The monoisotopic (exact) mass is 418 g/mol. The molecule has 0 spiro atoms. The van der Waals surface area contributed by atoms with E-state index in [0.717, 1.165) is 64.0 Å². The molecule has 0 bridgehead atoms. The van der Waals surface area contributed by atoms with Crippen LogP contribution in [0.4, 0.5) is 0 Å². The van der Waals surface area contributed by atoms with Crippen LogP contribution in [0.25, 0.3) is 0 Å². The van der Waals surface area contributed by atoms with Crippen LogP contribution >= 0.6 is 11.3 Å². The van der Waals surface area contributed by atoms with E-state index < -0.39 is 0 Å². The van der Waals surface area contributed by atoms with Gasteiger partial charge < -0.3 is 15.4 Å². The molecule has 0 aromatic carbocycles. The number of hydrogen-bond acceptors (Lipinski definition) is 5. The van der Waals surface area contributed by atoms with Gasteiger partial charge in [-0.1, -0.05) is 6.07 Å². The minimum absolute atomic E-state index is 0.303. The third kappa shape index (κ3) is 5.81. The van der Waals surface area contributed by atoms with Crippen LogP contribution in [-0.2, 0) is 18.2 Å². The summed E-state index contributed by atoms with van der Waals surface area (Å²) in [7, 11) is 2.00. The Morgan fingerprint density at radius 1 is 1.31 bits per heavy atom. The summed E-state index contributed by atoms with van der Waals surface area (Å²) in [5.41, 5.74) is 3.66. The lowest BCUT2D eigenvalue weighted by Gasteiger charge is -2.33. The van der Waals surface area contributed by atoms with Gasteiger partial charge in [0.05, 0.1) is 31.5 Å². The smallest absolute Gasteiger partial charge is 0.191 e. The van der Waals surface area contributed by atoms with Gasteiger partial charge in [0.1, 0.15) is 0 Å². The van der Waals surface area contributed by atoms with Crippen molar-refractivity contribution in [3.8, 4) is 0 Å². The Kier molecular flexibility index (Phi) is 8.09. The second-order valence-corrected chi connectivity index (χ2v) is 8.33. The summed E-state index contributed by atoms with van der Waals surface area (Å²) >= 11 is 1.81. The van der Waals surface area contributed by atoms with Crippen molar-refractivity contribution in [1.29, 1.82) is 0 Å². The summed E-state index contributed by atoms with van der Waals surface area (Å²) in [5, 5.41) is 13.5. The fourth-order valence-electron chi connectivity index (χ4n) is 3.76. The molecule has 3 heterocycles. The molecule has 1 saturated heterocycles. The van der Waals surface area contributed by atoms with E-state index in [4.69, 9.17) is 9.73 Å². The number of morpholine rings is 1. The Labute approximate surface area is 178 Å². The molecule has 3 rings (SSSR count). The number of thiophene rings is 1. The highest BCUT2D eigenvalue weighted by molar-refractivity contribution is 7.10. The molecule has 1 aliphatic heterocycles. The van der Waals surface area contributed by atoms with Crippen LogP contribution in [0.2, 0.25) is 0 Å². The first-order valence-corrected chi connectivity index (χ1v) is 11.3. The van der Waals surface area contributed by atoms with E-state index in [2.05, 4.69) is 58.9 Å². The molecule has 1 aliphatic rings. The van der Waals surface area contributed by atoms with E-state index in [0.29, 0.717) is 6.04 Å². The molecule has 0 amide bonds. The Morgan fingerprint density at radius 3 is 2.72 bits per heavy atom. The molecule has 7 nitrogen and oxygen atoms in total. The quantitative estimate of drug-likeness (QED) is 0.509. The highest BCUT2D eigenvalue weighted by atomic mass is 32.1. The lowest BCUT2D eigenvalue weighted by molar-refractivity contribution is 0.0186. The maximum absolute atomic E-state index is 5.54. The number of rotatable bonds is 8. The summed E-state index contributed by atoms with van der Waals surface area (Å²) < 4.78 is 7.50. The van der Waals surface area contributed by atoms with Gasteiger partial charge in [0, 0.05) is 43.8 Å². The van der Waals surface area contributed by atoms with Gasteiger partial charge >= 0.3 is 0 Å². The lowest BCUT2D eigenvalue weighted by Crippen LogP contribution is -2.42. The fourth-order valence-corrected chi connectivity index (χ4v) is 4.61. The van der Waals surface area contributed by atoms with E-state index in [1.165, 1.54) is 16.1 Å². The van der Waals surface area contributed by atoms with Gasteiger partial charge in [-0.2, -0.15) is 5.10 Å². The lowest BCUT2D eigenvalue weighted by atomic mass is 10.1. The molecule has 2 N–H and O–H groups in total. The first-order valence-electron chi connectivity index (χ1n) is 10.5. The standard InChI is InChI=1S/C21H34N6OS/c1-5-22-21(23-9-8-18-16(2)25-26(4)17(18)3)24-15-19(20-7-6-14-29-20)27-10-12-28-13-11-27/h6-7,14,19H,5,8-13,15H2,1-4H3,(H2,22,23,24). The predicted octanol–water partition coefficient (Wildman–Crippen LogP) is 2.27. The Hall–Kier alpha value is -1.90. The highest BCUT2D eigenvalue weighted by Crippen LogP contribution is 2.26. The minimum atomic E-state index is 0.303. The molecule has 1 atom stereocenters. The van der Waals surface area contributed by atoms with Crippen LogP contribution in [0.1, 0.15) is 34.8 Å². The average molecular weight is 419 g/mol. The van der Waals surface area contributed by atoms with Crippen molar-refractivity contribution in [2.75, 3.05) is 45.9 Å². The second kappa shape index (κ2) is 10.8. The summed E-state index contributed by atoms with van der Waals surface area (Å²) in [5.74, 6) is 0.876. The zero-order chi connectivity index (χ0) is 20.6. The first kappa shape index (κ1) is 21.8. The molecular formula is C21H34N6OS. The number of aromatic nitrogens is 2. The first-order chi connectivity index (χ1) is 14.1. The van der Waals surface area contributed by atoms with Gasteiger partial charge in [0.15, 0.2) is 5.96 Å². The van der Waals surface area contributed by atoms with Crippen LogP contribution in [0, 0.1) is 13.8 Å². The van der Waals surface area contributed by atoms with E-state index in [9.17, 15) is 0 Å². The van der Waals surface area contributed by atoms with Crippen molar-refractivity contribution in [2.45, 2.75) is 33.2 Å². The molecule has 8 heteroatoms. The van der Waals surface area contributed by atoms with Gasteiger partial charge in [-0.05, 0) is 44.2 Å². The summed E-state index contributed by atoms with van der Waals surface area (Å²) in [6.45, 7) is 12.2. The van der Waals surface area contributed by atoms with E-state index in [1.54, 1.807) is 0 Å². The third-order valence-corrected chi connectivity index (χ3v) is 6.42. The van der Waals surface area contributed by atoms with Crippen molar-refractivity contribution >= 4 is 17.3 Å². The number of aliphatic imine (C=N–C) groups is 1. The van der Waals surface area contributed by atoms with Crippen LogP contribution in [0.15, 0.2) is 22.5 Å². The van der Waals surface area contributed by atoms with E-state index >= 15 is 0 Å². The molecule has 1 unspecified atom stereocenters. The van der Waals surface area contributed by atoms with Crippen LogP contribution in [-0.4, -0.2) is 66.6 Å². The van der Waals surface area contributed by atoms with Crippen molar-refractivity contribution < 1.29 is 4.74 Å². The number of nitrogens with one attached hydrogen (secondary N) is 2. The van der Waals surface area contributed by atoms with Gasteiger partial charge in [0.25, 0.3) is 0 Å². The van der Waals surface area contributed by atoms with Gasteiger partial charge in [-0.15, -0.1) is 11.3 Å². The van der Waals surface area contributed by atoms with E-state index in [1.807, 2.05) is 23.1 Å². The molecule has 0 aliphatic carbocycles. The van der Waals surface area contributed by atoms with Gasteiger partial charge in [0.2, 0.25) is 0 Å². The van der Waals surface area contributed by atoms with E-state index in [-0.39, 0.29) is 0 Å². The third-order valence-electron chi connectivity index (χ3n) is 5.45. The average Bonchev–Trinajstić information content (AvgIpc) is 3.33. The van der Waals surface area contributed by atoms with Gasteiger partial charge in [-0.3, -0.25) is 14.6 Å².